The Balaban J connectivity index is 2.59. The minimum absolute atomic E-state index is 0.137. The molecule has 0 aliphatic rings. The number of rotatable bonds is 5. The van der Waals surface area contributed by atoms with Crippen LogP contribution in [0.15, 0.2) is 11.2 Å². The predicted octanol–water partition coefficient (Wildman–Crippen LogP) is 1.07. The first-order chi connectivity index (χ1) is 7.65. The van der Waals surface area contributed by atoms with Gasteiger partial charge in [0.1, 0.15) is 11.0 Å². The number of hydrogen-bond acceptors (Lipinski definition) is 7. The van der Waals surface area contributed by atoms with Gasteiger partial charge >= 0.3 is 5.97 Å². The van der Waals surface area contributed by atoms with Crippen molar-refractivity contribution in [3.8, 4) is 0 Å². The number of anilines is 1. The van der Waals surface area contributed by atoms with E-state index in [2.05, 4.69) is 15.4 Å². The van der Waals surface area contributed by atoms with Crippen LogP contribution in [0.3, 0.4) is 0 Å². The Morgan fingerprint density at radius 3 is 3.06 bits per heavy atom. The van der Waals surface area contributed by atoms with Gasteiger partial charge in [-0.25, -0.2) is 15.8 Å². The van der Waals surface area contributed by atoms with Crippen LogP contribution in [0.25, 0.3) is 0 Å². The molecule has 1 heterocycles. The fourth-order valence-corrected chi connectivity index (χ4v) is 1.75. The zero-order valence-corrected chi connectivity index (χ0v) is 10.1. The monoisotopic (exact) mass is 262 g/mol. The molecule has 0 aromatic carbocycles. The minimum Gasteiger partial charge on any atom is -0.465 e. The van der Waals surface area contributed by atoms with E-state index in [0.717, 1.165) is 11.8 Å². The van der Waals surface area contributed by atoms with Crippen LogP contribution >= 0.6 is 23.4 Å². The lowest BCUT2D eigenvalue weighted by molar-refractivity contribution is -0.139. The Bertz CT molecular complexity index is 377. The molecule has 0 saturated heterocycles. The Morgan fingerprint density at radius 1 is 1.69 bits per heavy atom. The molecule has 0 aliphatic heterocycles. The van der Waals surface area contributed by atoms with E-state index in [1.807, 2.05) is 0 Å². The number of ether oxygens (including phenoxy) is 1. The molecule has 0 bridgehead atoms. The second-order valence-corrected chi connectivity index (χ2v) is 3.93. The lowest BCUT2D eigenvalue weighted by atomic mass is 10.6. The summed E-state index contributed by atoms with van der Waals surface area (Å²) in [5, 5.41) is 0.628. The standard InChI is InChI=1S/C8H11ClN4O2S/c1-2-15-7(14)4-16-8-11-5(9)3-6(12-8)13-10/h3H,2,4,10H2,1H3,(H,11,12,13). The summed E-state index contributed by atoms with van der Waals surface area (Å²) >= 11 is 6.86. The SMILES string of the molecule is CCOC(=O)CSc1nc(Cl)cc(NN)n1. The molecule has 0 spiro atoms. The summed E-state index contributed by atoms with van der Waals surface area (Å²) in [6, 6.07) is 1.48. The van der Waals surface area contributed by atoms with Crippen molar-refractivity contribution in [2.75, 3.05) is 17.8 Å². The average molecular weight is 263 g/mol. The quantitative estimate of drug-likeness (QED) is 0.205. The zero-order valence-electron chi connectivity index (χ0n) is 8.57. The van der Waals surface area contributed by atoms with Crippen molar-refractivity contribution in [3.63, 3.8) is 0 Å². The van der Waals surface area contributed by atoms with Crippen LogP contribution in [0.4, 0.5) is 5.82 Å². The van der Waals surface area contributed by atoms with Crippen LogP contribution < -0.4 is 11.3 Å². The van der Waals surface area contributed by atoms with Gasteiger partial charge in [0.2, 0.25) is 0 Å². The van der Waals surface area contributed by atoms with Crippen molar-refractivity contribution in [1.29, 1.82) is 0 Å². The Morgan fingerprint density at radius 2 is 2.44 bits per heavy atom. The van der Waals surface area contributed by atoms with Crippen molar-refractivity contribution in [3.05, 3.63) is 11.2 Å². The minimum atomic E-state index is -0.321. The zero-order chi connectivity index (χ0) is 12.0. The third-order valence-electron chi connectivity index (χ3n) is 1.45. The second-order valence-electron chi connectivity index (χ2n) is 2.60. The van der Waals surface area contributed by atoms with Gasteiger partial charge in [-0.15, -0.1) is 0 Å². The molecule has 1 rings (SSSR count). The smallest absolute Gasteiger partial charge is 0.316 e. The summed E-state index contributed by atoms with van der Waals surface area (Å²) < 4.78 is 4.76. The Labute approximate surface area is 102 Å². The van der Waals surface area contributed by atoms with Crippen molar-refractivity contribution in [2.24, 2.45) is 5.84 Å². The highest BCUT2D eigenvalue weighted by molar-refractivity contribution is 7.99. The van der Waals surface area contributed by atoms with E-state index in [9.17, 15) is 4.79 Å². The maximum absolute atomic E-state index is 11.1. The maximum atomic E-state index is 11.1. The number of nitrogens with zero attached hydrogens (tertiary/aromatic N) is 2. The van der Waals surface area contributed by atoms with Gasteiger partial charge in [0.05, 0.1) is 12.4 Å². The van der Waals surface area contributed by atoms with Crippen molar-refractivity contribution in [2.45, 2.75) is 12.1 Å². The van der Waals surface area contributed by atoms with E-state index in [-0.39, 0.29) is 16.9 Å². The number of nitrogens with one attached hydrogen (secondary N) is 1. The lowest BCUT2D eigenvalue weighted by Gasteiger charge is -2.03. The number of halogens is 1. The first-order valence-corrected chi connectivity index (χ1v) is 5.81. The van der Waals surface area contributed by atoms with Gasteiger partial charge in [0.25, 0.3) is 0 Å². The highest BCUT2D eigenvalue weighted by Gasteiger charge is 2.07. The molecule has 6 nitrogen and oxygen atoms in total. The third-order valence-corrected chi connectivity index (χ3v) is 2.46. The highest BCUT2D eigenvalue weighted by atomic mass is 35.5. The first-order valence-electron chi connectivity index (χ1n) is 4.45. The number of hydrazine groups is 1. The highest BCUT2D eigenvalue weighted by Crippen LogP contribution is 2.18. The molecule has 3 N–H and O–H groups in total. The number of carbonyl (C=O) groups is 1. The summed E-state index contributed by atoms with van der Waals surface area (Å²) in [6.07, 6.45) is 0. The molecule has 0 amide bonds. The summed E-state index contributed by atoms with van der Waals surface area (Å²) in [6.45, 7) is 2.10. The van der Waals surface area contributed by atoms with E-state index in [4.69, 9.17) is 22.2 Å². The van der Waals surface area contributed by atoms with Gasteiger partial charge in [0.15, 0.2) is 5.16 Å². The van der Waals surface area contributed by atoms with E-state index >= 15 is 0 Å². The molecule has 16 heavy (non-hydrogen) atoms. The van der Waals surface area contributed by atoms with Crippen molar-refractivity contribution < 1.29 is 9.53 Å². The third kappa shape index (κ3) is 4.21. The van der Waals surface area contributed by atoms with Gasteiger partial charge < -0.3 is 10.2 Å². The summed E-state index contributed by atoms with van der Waals surface area (Å²) in [5.41, 5.74) is 2.36. The molecular formula is C8H11ClN4O2S. The normalized spacial score (nSPS) is 9.94. The van der Waals surface area contributed by atoms with Crippen molar-refractivity contribution >= 4 is 35.1 Å². The number of carbonyl (C=O) groups excluding carboxylic acids is 1. The average Bonchev–Trinajstić information content (AvgIpc) is 2.26. The Kier molecular flexibility index (Phi) is 5.30. The molecule has 0 fully saturated rings. The van der Waals surface area contributed by atoms with Crippen LogP contribution in [0.1, 0.15) is 6.92 Å². The molecule has 0 aliphatic carbocycles. The molecule has 1 aromatic heterocycles. The fourth-order valence-electron chi connectivity index (χ4n) is 0.861. The molecule has 0 saturated carbocycles. The Hall–Kier alpha value is -1.05. The number of aromatic nitrogens is 2. The number of thioether (sulfide) groups is 1. The van der Waals surface area contributed by atoms with E-state index in [0.29, 0.717) is 17.6 Å². The van der Waals surface area contributed by atoms with Gasteiger partial charge in [-0.1, -0.05) is 23.4 Å². The first kappa shape index (κ1) is 13.0. The van der Waals surface area contributed by atoms with Gasteiger partial charge in [-0.05, 0) is 6.92 Å². The number of esters is 1. The summed E-state index contributed by atoms with van der Waals surface area (Å²) in [4.78, 5) is 19.0. The van der Waals surface area contributed by atoms with Crippen LogP contribution in [0.5, 0.6) is 0 Å². The van der Waals surface area contributed by atoms with Crippen LogP contribution in [-0.2, 0) is 9.53 Å². The molecular weight excluding hydrogens is 252 g/mol. The largest absolute Gasteiger partial charge is 0.465 e. The summed E-state index contributed by atoms with van der Waals surface area (Å²) in [5.74, 6) is 5.40. The van der Waals surface area contributed by atoms with Gasteiger partial charge in [-0.2, -0.15) is 0 Å². The van der Waals surface area contributed by atoms with Gasteiger partial charge in [0, 0.05) is 6.07 Å². The lowest BCUT2D eigenvalue weighted by Crippen LogP contribution is -2.10. The molecule has 0 radical (unpaired) electrons. The van der Waals surface area contributed by atoms with Gasteiger partial charge in [-0.3, -0.25) is 4.79 Å². The molecule has 0 atom stereocenters. The number of nitrogen functional groups attached to an aromatic ring is 1. The predicted molar refractivity (Wildman–Crippen MR) is 62.2 cm³/mol. The van der Waals surface area contributed by atoms with Crippen LogP contribution in [-0.4, -0.2) is 28.3 Å². The van der Waals surface area contributed by atoms with Crippen molar-refractivity contribution in [1.82, 2.24) is 9.97 Å². The molecule has 88 valence electrons. The molecule has 0 unspecified atom stereocenters. The second kappa shape index (κ2) is 6.51. The van der Waals surface area contributed by atoms with E-state index in [1.54, 1.807) is 6.92 Å². The van der Waals surface area contributed by atoms with Crippen LogP contribution in [0.2, 0.25) is 5.15 Å². The molecule has 8 heteroatoms. The number of hydrogen-bond donors (Lipinski definition) is 2. The molecule has 1 aromatic rings. The number of nitrogens with two attached hydrogens (primary N) is 1. The van der Waals surface area contributed by atoms with E-state index < -0.39 is 0 Å². The van der Waals surface area contributed by atoms with E-state index in [1.165, 1.54) is 6.07 Å². The summed E-state index contributed by atoms with van der Waals surface area (Å²) in [7, 11) is 0. The maximum Gasteiger partial charge on any atom is 0.316 e. The van der Waals surface area contributed by atoms with Crippen LogP contribution in [0, 0.1) is 0 Å². The fraction of sp³-hybridized carbons (Fsp3) is 0.375. The topological polar surface area (TPSA) is 90.1 Å².